The van der Waals surface area contributed by atoms with Crippen molar-refractivity contribution in [1.82, 2.24) is 0 Å². The van der Waals surface area contributed by atoms with Gasteiger partial charge in [-0.3, -0.25) is 14.9 Å². The molecule has 0 aliphatic rings. The van der Waals surface area contributed by atoms with Crippen LogP contribution in [0.2, 0.25) is 0 Å². The quantitative estimate of drug-likeness (QED) is 0.612. The summed E-state index contributed by atoms with van der Waals surface area (Å²) in [7, 11) is 0. The normalized spacial score (nSPS) is 11.5. The molecule has 7 heteroatoms. The molecule has 24 heavy (non-hydrogen) atoms. The second-order valence-corrected chi connectivity index (χ2v) is 5.26. The minimum atomic E-state index is -1.29. The van der Waals surface area contributed by atoms with E-state index < -0.39 is 22.7 Å². The molecule has 2 aromatic carbocycles. The average molecular weight is 327 g/mol. The number of carboxylic acids is 1. The van der Waals surface area contributed by atoms with Crippen molar-refractivity contribution in [3.8, 4) is 0 Å². The van der Waals surface area contributed by atoms with E-state index in [-0.39, 0.29) is 18.5 Å². The number of rotatable bonds is 7. The van der Waals surface area contributed by atoms with Gasteiger partial charge in [0.2, 0.25) is 5.91 Å². The van der Waals surface area contributed by atoms with Crippen molar-refractivity contribution >= 4 is 23.3 Å². The molecule has 1 amide bonds. The van der Waals surface area contributed by atoms with E-state index in [4.69, 9.17) is 0 Å². The molecule has 0 heterocycles. The summed E-state index contributed by atoms with van der Waals surface area (Å²) in [5.74, 6) is -2.74. The Morgan fingerprint density at radius 3 is 2.21 bits per heavy atom. The molecular weight excluding hydrogens is 312 g/mol. The first kappa shape index (κ1) is 17.1. The summed E-state index contributed by atoms with van der Waals surface area (Å²) in [5, 5.41) is 24.3. The van der Waals surface area contributed by atoms with Crippen LogP contribution in [-0.4, -0.2) is 16.8 Å². The van der Waals surface area contributed by atoms with Crippen molar-refractivity contribution in [3.05, 3.63) is 70.3 Å². The van der Waals surface area contributed by atoms with Gasteiger partial charge in [-0.1, -0.05) is 30.3 Å². The summed E-state index contributed by atoms with van der Waals surface area (Å²) >= 11 is 0. The Morgan fingerprint density at radius 1 is 1.04 bits per heavy atom. The van der Waals surface area contributed by atoms with Crippen molar-refractivity contribution < 1.29 is 19.6 Å². The van der Waals surface area contributed by atoms with Crippen LogP contribution < -0.4 is 10.4 Å². The van der Waals surface area contributed by atoms with Gasteiger partial charge in [0.1, 0.15) is 0 Å². The zero-order valence-corrected chi connectivity index (χ0v) is 12.7. The van der Waals surface area contributed by atoms with Gasteiger partial charge in [0, 0.05) is 36.1 Å². The van der Waals surface area contributed by atoms with E-state index in [0.29, 0.717) is 5.69 Å². The van der Waals surface area contributed by atoms with Gasteiger partial charge in [-0.15, -0.1) is 0 Å². The average Bonchev–Trinajstić information content (AvgIpc) is 2.55. The van der Waals surface area contributed by atoms with Crippen molar-refractivity contribution in [1.29, 1.82) is 0 Å². The van der Waals surface area contributed by atoms with Gasteiger partial charge in [0.15, 0.2) is 0 Å². The number of aliphatic carboxylic acids is 1. The van der Waals surface area contributed by atoms with Crippen molar-refractivity contribution in [3.63, 3.8) is 0 Å². The Hall–Kier alpha value is -3.22. The highest BCUT2D eigenvalue weighted by Crippen LogP contribution is 2.17. The zero-order chi connectivity index (χ0) is 17.5. The predicted molar refractivity (Wildman–Crippen MR) is 85.0 cm³/mol. The number of non-ortho nitro benzene ring substituents is 1. The molecule has 0 unspecified atom stereocenters. The van der Waals surface area contributed by atoms with Crippen LogP contribution in [0.1, 0.15) is 12.0 Å². The number of nitro benzene ring substituents is 1. The van der Waals surface area contributed by atoms with Crippen molar-refractivity contribution in [2.24, 2.45) is 5.92 Å². The molecule has 0 fully saturated rings. The number of hydrogen-bond acceptors (Lipinski definition) is 5. The van der Waals surface area contributed by atoms with Gasteiger partial charge < -0.3 is 15.2 Å². The SMILES string of the molecule is O=C(C[C@H](Cc1ccccc1)C(=O)[O-])Nc1ccc([N+](=O)[O-])cc1. The fourth-order valence-corrected chi connectivity index (χ4v) is 2.24. The number of nitrogens with zero attached hydrogens (tertiary/aromatic N) is 1. The number of carbonyl (C=O) groups is 2. The lowest BCUT2D eigenvalue weighted by Crippen LogP contribution is -2.35. The monoisotopic (exact) mass is 327 g/mol. The molecule has 0 saturated carbocycles. The molecule has 0 bridgehead atoms. The molecule has 124 valence electrons. The number of hydrogen-bond donors (Lipinski definition) is 1. The minimum absolute atomic E-state index is 0.0929. The van der Waals surface area contributed by atoms with Gasteiger partial charge in [-0.25, -0.2) is 0 Å². The largest absolute Gasteiger partial charge is 0.550 e. The third-order valence-electron chi connectivity index (χ3n) is 3.45. The Morgan fingerprint density at radius 2 is 1.67 bits per heavy atom. The lowest BCUT2D eigenvalue weighted by Gasteiger charge is -2.17. The van der Waals surface area contributed by atoms with Crippen LogP contribution in [0.4, 0.5) is 11.4 Å². The van der Waals surface area contributed by atoms with E-state index >= 15 is 0 Å². The molecule has 0 aliphatic heterocycles. The van der Waals surface area contributed by atoms with Crippen molar-refractivity contribution in [2.75, 3.05) is 5.32 Å². The predicted octanol–water partition coefficient (Wildman–Crippen LogP) is 1.53. The number of amides is 1. The molecule has 0 aliphatic carbocycles. The van der Waals surface area contributed by atoms with Crippen LogP contribution in [0.3, 0.4) is 0 Å². The van der Waals surface area contributed by atoms with E-state index in [1.165, 1.54) is 24.3 Å². The van der Waals surface area contributed by atoms with Gasteiger partial charge in [-0.2, -0.15) is 0 Å². The molecule has 0 aromatic heterocycles. The summed E-state index contributed by atoms with van der Waals surface area (Å²) in [5.41, 5.74) is 1.07. The molecule has 0 radical (unpaired) electrons. The molecule has 2 rings (SSSR count). The Bertz CT molecular complexity index is 728. The maximum Gasteiger partial charge on any atom is 0.269 e. The number of benzene rings is 2. The lowest BCUT2D eigenvalue weighted by molar-refractivity contribution is -0.384. The van der Waals surface area contributed by atoms with E-state index in [9.17, 15) is 24.8 Å². The highest BCUT2D eigenvalue weighted by molar-refractivity contribution is 5.93. The smallest absolute Gasteiger partial charge is 0.269 e. The molecule has 1 N–H and O–H groups in total. The zero-order valence-electron chi connectivity index (χ0n) is 12.7. The topological polar surface area (TPSA) is 112 Å². The highest BCUT2D eigenvalue weighted by atomic mass is 16.6. The summed E-state index contributed by atoms with van der Waals surface area (Å²) < 4.78 is 0. The van der Waals surface area contributed by atoms with Gasteiger partial charge in [-0.05, 0) is 24.1 Å². The first-order valence-corrected chi connectivity index (χ1v) is 7.25. The van der Waals surface area contributed by atoms with E-state index in [2.05, 4.69) is 5.32 Å². The first-order valence-electron chi connectivity index (χ1n) is 7.25. The number of carbonyl (C=O) groups excluding carboxylic acids is 2. The first-order chi connectivity index (χ1) is 11.5. The minimum Gasteiger partial charge on any atom is -0.550 e. The third kappa shape index (κ3) is 4.91. The van der Waals surface area contributed by atoms with E-state index in [1.54, 1.807) is 24.3 Å². The van der Waals surface area contributed by atoms with Crippen LogP contribution in [-0.2, 0) is 16.0 Å². The molecule has 1 atom stereocenters. The van der Waals surface area contributed by atoms with Gasteiger partial charge in [0.05, 0.1) is 4.92 Å². The summed E-state index contributed by atoms with van der Waals surface area (Å²) in [4.78, 5) is 33.3. The number of nitrogens with one attached hydrogen (secondary N) is 1. The maximum atomic E-state index is 12.0. The summed E-state index contributed by atoms with van der Waals surface area (Å²) in [6.45, 7) is 0. The Kier molecular flexibility index (Phi) is 5.62. The molecule has 0 saturated heterocycles. The van der Waals surface area contributed by atoms with Crippen molar-refractivity contribution in [2.45, 2.75) is 12.8 Å². The fraction of sp³-hybridized carbons (Fsp3) is 0.176. The van der Waals surface area contributed by atoms with E-state index in [1.807, 2.05) is 6.07 Å². The van der Waals surface area contributed by atoms with Crippen LogP contribution in [0.25, 0.3) is 0 Å². The molecule has 7 nitrogen and oxygen atoms in total. The maximum absolute atomic E-state index is 12.0. The van der Waals surface area contributed by atoms with Crippen LogP contribution in [0, 0.1) is 16.0 Å². The highest BCUT2D eigenvalue weighted by Gasteiger charge is 2.16. The number of nitro groups is 1. The van der Waals surface area contributed by atoms with Crippen LogP contribution in [0.15, 0.2) is 54.6 Å². The van der Waals surface area contributed by atoms with Gasteiger partial charge >= 0.3 is 0 Å². The number of carboxylic acid groups (broad SMARTS) is 1. The Balaban J connectivity index is 1.97. The third-order valence-corrected chi connectivity index (χ3v) is 3.45. The van der Waals surface area contributed by atoms with Crippen LogP contribution >= 0.6 is 0 Å². The molecular formula is C17H15N2O5-. The van der Waals surface area contributed by atoms with E-state index in [0.717, 1.165) is 5.56 Å². The summed E-state index contributed by atoms with van der Waals surface area (Å²) in [6.07, 6.45) is -0.0505. The molecule has 0 spiro atoms. The number of anilines is 1. The lowest BCUT2D eigenvalue weighted by atomic mass is 9.96. The molecule has 2 aromatic rings. The standard InChI is InChI=1S/C17H16N2O5/c20-16(18-14-6-8-15(9-7-14)19(23)24)11-13(17(21)22)10-12-4-2-1-3-5-12/h1-9,13H,10-11H2,(H,18,20)(H,21,22)/p-1/t13-/m0/s1. The summed E-state index contributed by atoms with van der Waals surface area (Å²) in [6, 6.07) is 14.3. The second-order valence-electron chi connectivity index (χ2n) is 5.26. The fourth-order valence-electron chi connectivity index (χ4n) is 2.24. The van der Waals surface area contributed by atoms with Crippen LogP contribution in [0.5, 0.6) is 0 Å². The van der Waals surface area contributed by atoms with Gasteiger partial charge in [0.25, 0.3) is 5.69 Å². The second kappa shape index (κ2) is 7.87. The Labute approximate surface area is 138 Å².